The van der Waals surface area contributed by atoms with Crippen molar-refractivity contribution < 1.29 is 28.6 Å². The molecule has 1 atom stereocenters. The molecule has 0 aliphatic carbocycles. The lowest BCUT2D eigenvalue weighted by molar-refractivity contribution is -0.141. The lowest BCUT2D eigenvalue weighted by Gasteiger charge is -2.18. The fraction of sp³-hybridized carbons (Fsp3) is 0.261. The van der Waals surface area contributed by atoms with Crippen LogP contribution < -0.4 is 15.4 Å². The Morgan fingerprint density at radius 1 is 1.06 bits per heavy atom. The van der Waals surface area contributed by atoms with Crippen molar-refractivity contribution in [1.29, 1.82) is 0 Å². The number of hydrogen-bond donors (Lipinski definition) is 3. The van der Waals surface area contributed by atoms with Crippen LogP contribution in [-0.4, -0.2) is 36.0 Å². The van der Waals surface area contributed by atoms with E-state index in [-0.39, 0.29) is 23.6 Å². The number of carboxylic acids is 1. The van der Waals surface area contributed by atoms with E-state index in [4.69, 9.17) is 4.74 Å². The fourth-order valence-electron chi connectivity index (χ4n) is 2.75. The van der Waals surface area contributed by atoms with Gasteiger partial charge in [-0.15, -0.1) is 0 Å². The van der Waals surface area contributed by atoms with Crippen molar-refractivity contribution in [2.75, 3.05) is 7.11 Å². The molecule has 0 aliphatic heterocycles. The number of aliphatic carboxylic acids is 1. The first kappa shape index (κ1) is 23.6. The summed E-state index contributed by atoms with van der Waals surface area (Å²) in [6, 6.07) is 10.4. The highest BCUT2D eigenvalue weighted by molar-refractivity contribution is 6.06. The standard InChI is InChI=1S/C23H25FN2O5/c1-14(2)12-20(23(29)30)26-22(28)19(13-15-4-8-17(24)9-5-15)25-21(27)16-6-10-18(31-3)11-7-16/h4-11,13-14,20H,12H2,1-3H3,(H,25,27)(H,26,28)(H,29,30)/b19-13-/t20-/m1/s1. The Kier molecular flexibility index (Phi) is 8.31. The van der Waals surface area contributed by atoms with Gasteiger partial charge >= 0.3 is 5.97 Å². The average Bonchev–Trinajstić information content (AvgIpc) is 2.73. The molecule has 3 N–H and O–H groups in total. The van der Waals surface area contributed by atoms with Gasteiger partial charge in [-0.1, -0.05) is 26.0 Å². The fourth-order valence-corrected chi connectivity index (χ4v) is 2.75. The van der Waals surface area contributed by atoms with Crippen LogP contribution in [0.25, 0.3) is 6.08 Å². The summed E-state index contributed by atoms with van der Waals surface area (Å²) in [6.07, 6.45) is 1.57. The predicted molar refractivity (Wildman–Crippen MR) is 114 cm³/mol. The maximum Gasteiger partial charge on any atom is 0.326 e. The lowest BCUT2D eigenvalue weighted by atomic mass is 10.0. The molecule has 31 heavy (non-hydrogen) atoms. The van der Waals surface area contributed by atoms with Crippen LogP contribution in [0, 0.1) is 11.7 Å². The molecule has 0 spiro atoms. The molecule has 2 aromatic rings. The van der Waals surface area contributed by atoms with E-state index in [1.807, 2.05) is 13.8 Å². The third-order valence-electron chi connectivity index (χ3n) is 4.34. The molecular formula is C23H25FN2O5. The van der Waals surface area contributed by atoms with E-state index in [1.165, 1.54) is 49.6 Å². The van der Waals surface area contributed by atoms with Gasteiger partial charge in [-0.2, -0.15) is 0 Å². The van der Waals surface area contributed by atoms with E-state index >= 15 is 0 Å². The molecule has 0 unspecified atom stereocenters. The number of nitrogens with one attached hydrogen (secondary N) is 2. The maximum atomic E-state index is 13.2. The van der Waals surface area contributed by atoms with E-state index in [9.17, 15) is 23.9 Å². The number of ether oxygens (including phenoxy) is 1. The van der Waals surface area contributed by atoms with Crippen LogP contribution in [0.1, 0.15) is 36.2 Å². The highest BCUT2D eigenvalue weighted by Gasteiger charge is 2.24. The molecule has 0 aliphatic rings. The third-order valence-corrected chi connectivity index (χ3v) is 4.34. The number of amides is 2. The second kappa shape index (κ2) is 10.9. The summed E-state index contributed by atoms with van der Waals surface area (Å²) in [6.45, 7) is 3.67. The molecule has 0 bridgehead atoms. The van der Waals surface area contributed by atoms with Crippen LogP contribution in [0.15, 0.2) is 54.2 Å². The van der Waals surface area contributed by atoms with Crippen LogP contribution >= 0.6 is 0 Å². The zero-order chi connectivity index (χ0) is 23.0. The van der Waals surface area contributed by atoms with Crippen LogP contribution in [0.2, 0.25) is 0 Å². The van der Waals surface area contributed by atoms with Gasteiger partial charge in [0.05, 0.1) is 7.11 Å². The molecule has 2 amide bonds. The van der Waals surface area contributed by atoms with Gasteiger partial charge in [0.25, 0.3) is 11.8 Å². The van der Waals surface area contributed by atoms with E-state index in [0.717, 1.165) is 0 Å². The van der Waals surface area contributed by atoms with Crippen molar-refractivity contribution in [3.63, 3.8) is 0 Å². The smallest absolute Gasteiger partial charge is 0.326 e. The molecule has 164 valence electrons. The van der Waals surface area contributed by atoms with Crippen LogP contribution in [0.3, 0.4) is 0 Å². The Labute approximate surface area is 179 Å². The number of rotatable bonds is 9. The molecule has 0 saturated carbocycles. The van der Waals surface area contributed by atoms with Crippen molar-refractivity contribution in [1.82, 2.24) is 10.6 Å². The first-order chi connectivity index (χ1) is 14.7. The van der Waals surface area contributed by atoms with Gasteiger partial charge < -0.3 is 20.5 Å². The first-order valence-corrected chi connectivity index (χ1v) is 9.66. The summed E-state index contributed by atoms with van der Waals surface area (Å²) in [5.41, 5.74) is 0.565. The van der Waals surface area contributed by atoms with E-state index < -0.39 is 29.6 Å². The molecule has 0 radical (unpaired) electrons. The largest absolute Gasteiger partial charge is 0.497 e. The molecule has 0 heterocycles. The molecule has 0 aromatic heterocycles. The Balaban J connectivity index is 2.30. The van der Waals surface area contributed by atoms with Crippen molar-refractivity contribution in [3.8, 4) is 5.75 Å². The van der Waals surface area contributed by atoms with Gasteiger partial charge in [0, 0.05) is 5.56 Å². The Morgan fingerprint density at radius 3 is 2.19 bits per heavy atom. The summed E-state index contributed by atoms with van der Waals surface area (Å²) < 4.78 is 18.3. The second-order valence-electron chi connectivity index (χ2n) is 7.29. The average molecular weight is 428 g/mol. The van der Waals surface area contributed by atoms with Gasteiger partial charge in [-0.25, -0.2) is 9.18 Å². The number of methoxy groups -OCH3 is 1. The van der Waals surface area contributed by atoms with Crippen LogP contribution in [0.4, 0.5) is 4.39 Å². The highest BCUT2D eigenvalue weighted by Crippen LogP contribution is 2.13. The quantitative estimate of drug-likeness (QED) is 0.532. The number of carbonyl (C=O) groups is 3. The third kappa shape index (κ3) is 7.26. The van der Waals surface area contributed by atoms with Gasteiger partial charge in [-0.05, 0) is 60.4 Å². The molecular weight excluding hydrogens is 403 g/mol. The maximum absolute atomic E-state index is 13.2. The van der Waals surface area contributed by atoms with Gasteiger partial charge in [0.1, 0.15) is 23.3 Å². The summed E-state index contributed by atoms with van der Waals surface area (Å²) >= 11 is 0. The van der Waals surface area contributed by atoms with Crippen LogP contribution in [0.5, 0.6) is 5.75 Å². The van der Waals surface area contributed by atoms with Crippen molar-refractivity contribution in [2.24, 2.45) is 5.92 Å². The molecule has 2 aromatic carbocycles. The predicted octanol–water partition coefficient (Wildman–Crippen LogP) is 3.22. The second-order valence-corrected chi connectivity index (χ2v) is 7.29. The minimum absolute atomic E-state index is 0.0276. The highest BCUT2D eigenvalue weighted by atomic mass is 19.1. The van der Waals surface area contributed by atoms with Gasteiger partial charge in [0.15, 0.2) is 0 Å². The topological polar surface area (TPSA) is 105 Å². The summed E-state index contributed by atoms with van der Waals surface area (Å²) in [5, 5.41) is 14.4. The van der Waals surface area contributed by atoms with Gasteiger partial charge in [-0.3, -0.25) is 9.59 Å². The number of hydrogen-bond acceptors (Lipinski definition) is 4. The lowest BCUT2D eigenvalue weighted by Crippen LogP contribution is -2.45. The molecule has 0 saturated heterocycles. The summed E-state index contributed by atoms with van der Waals surface area (Å²) in [7, 11) is 1.50. The van der Waals surface area contributed by atoms with Crippen molar-refractivity contribution in [3.05, 3.63) is 71.2 Å². The number of carbonyl (C=O) groups excluding carboxylic acids is 2. The Hall–Kier alpha value is -3.68. The normalized spacial score (nSPS) is 12.2. The van der Waals surface area contributed by atoms with Gasteiger partial charge in [0.2, 0.25) is 0 Å². The summed E-state index contributed by atoms with van der Waals surface area (Å²) in [4.78, 5) is 37.0. The van der Waals surface area contributed by atoms with E-state index in [0.29, 0.717) is 11.3 Å². The molecule has 7 nitrogen and oxygen atoms in total. The number of halogens is 1. The minimum Gasteiger partial charge on any atom is -0.497 e. The minimum atomic E-state index is -1.18. The Bertz CT molecular complexity index is 953. The van der Waals surface area contributed by atoms with E-state index in [1.54, 1.807) is 12.1 Å². The molecule has 2 rings (SSSR count). The number of carboxylic acid groups (broad SMARTS) is 1. The van der Waals surface area contributed by atoms with Crippen molar-refractivity contribution >= 4 is 23.9 Å². The van der Waals surface area contributed by atoms with Crippen LogP contribution in [-0.2, 0) is 9.59 Å². The zero-order valence-electron chi connectivity index (χ0n) is 17.5. The molecule has 8 heteroatoms. The van der Waals surface area contributed by atoms with E-state index in [2.05, 4.69) is 10.6 Å². The Morgan fingerprint density at radius 2 is 1.68 bits per heavy atom. The summed E-state index contributed by atoms with van der Waals surface area (Å²) in [5.74, 6) is -2.37. The SMILES string of the molecule is COc1ccc(C(=O)N/C(=C\c2ccc(F)cc2)C(=O)N[C@H](CC(C)C)C(=O)O)cc1. The monoisotopic (exact) mass is 428 g/mol. The first-order valence-electron chi connectivity index (χ1n) is 9.66. The zero-order valence-corrected chi connectivity index (χ0v) is 17.5. The number of benzene rings is 2. The van der Waals surface area contributed by atoms with Crippen molar-refractivity contribution in [2.45, 2.75) is 26.3 Å². The molecule has 0 fully saturated rings.